The molecule has 5 nitrogen and oxygen atoms in total. The van der Waals surface area contributed by atoms with Gasteiger partial charge in [0.25, 0.3) is 0 Å². The Morgan fingerprint density at radius 3 is 2.30 bits per heavy atom. The van der Waals surface area contributed by atoms with Crippen molar-refractivity contribution in [3.8, 4) is 0 Å². The topological polar surface area (TPSA) is 89.4 Å². The second-order valence-corrected chi connectivity index (χ2v) is 6.17. The summed E-state index contributed by atoms with van der Waals surface area (Å²) in [4.78, 5) is 1.89. The molecule has 0 unspecified atom stereocenters. The van der Waals surface area contributed by atoms with Gasteiger partial charge in [-0.15, -0.1) is 0 Å². The molecule has 106 valence electrons. The zero-order valence-electron chi connectivity index (χ0n) is 11.4. The van der Waals surface area contributed by atoms with Crippen LogP contribution in [0.2, 0.25) is 0 Å². The lowest BCUT2D eigenvalue weighted by molar-refractivity contribution is 0.598. The Morgan fingerprint density at radius 1 is 1.05 bits per heavy atom. The molecule has 0 aliphatic rings. The van der Waals surface area contributed by atoms with E-state index < -0.39 is 10.0 Å². The smallest absolute Gasteiger partial charge is 0.238 e. The van der Waals surface area contributed by atoms with Gasteiger partial charge in [0.1, 0.15) is 0 Å². The van der Waals surface area contributed by atoms with Crippen molar-refractivity contribution in [2.75, 3.05) is 17.7 Å². The maximum absolute atomic E-state index is 11.4. The number of nitrogens with zero attached hydrogens (tertiary/aromatic N) is 1. The molecule has 2 aromatic rings. The van der Waals surface area contributed by atoms with Crippen LogP contribution in [0, 0.1) is 6.92 Å². The van der Waals surface area contributed by atoms with E-state index in [2.05, 4.69) is 0 Å². The number of anilines is 3. The molecule has 2 rings (SSSR count). The average molecular weight is 291 g/mol. The van der Waals surface area contributed by atoms with E-state index in [1.807, 2.05) is 43.1 Å². The highest BCUT2D eigenvalue weighted by molar-refractivity contribution is 7.89. The third kappa shape index (κ3) is 2.76. The van der Waals surface area contributed by atoms with Crippen molar-refractivity contribution >= 4 is 27.1 Å². The third-order valence-electron chi connectivity index (χ3n) is 3.17. The first-order valence-electron chi connectivity index (χ1n) is 6.02. The van der Waals surface area contributed by atoms with Crippen LogP contribution in [-0.4, -0.2) is 15.5 Å². The van der Waals surface area contributed by atoms with E-state index in [-0.39, 0.29) is 4.90 Å². The standard InChI is InChI=1S/C14H17N3O2S/c1-10-5-3-4-6-13(10)17(2)14-9-11(20(16,18)19)7-8-12(14)15/h3-9H,15H2,1-2H3,(H2,16,18,19). The van der Waals surface area contributed by atoms with Crippen molar-refractivity contribution in [3.63, 3.8) is 0 Å². The van der Waals surface area contributed by atoms with E-state index in [0.717, 1.165) is 11.3 Å². The molecule has 4 N–H and O–H groups in total. The molecule has 0 bridgehead atoms. The van der Waals surface area contributed by atoms with E-state index in [9.17, 15) is 8.42 Å². The van der Waals surface area contributed by atoms with Crippen molar-refractivity contribution in [2.24, 2.45) is 5.14 Å². The normalized spacial score (nSPS) is 11.3. The lowest BCUT2D eigenvalue weighted by Crippen LogP contribution is -2.16. The molecule has 0 saturated heterocycles. The van der Waals surface area contributed by atoms with Crippen LogP contribution in [0.4, 0.5) is 17.1 Å². The Kier molecular flexibility index (Phi) is 3.69. The van der Waals surface area contributed by atoms with Gasteiger partial charge in [0.15, 0.2) is 0 Å². The summed E-state index contributed by atoms with van der Waals surface area (Å²) >= 11 is 0. The Hall–Kier alpha value is -2.05. The Morgan fingerprint density at radius 2 is 1.70 bits per heavy atom. The first kappa shape index (κ1) is 14.4. The van der Waals surface area contributed by atoms with Crippen molar-refractivity contribution in [1.82, 2.24) is 0 Å². The number of para-hydroxylation sites is 1. The van der Waals surface area contributed by atoms with Crippen LogP contribution >= 0.6 is 0 Å². The first-order valence-corrected chi connectivity index (χ1v) is 7.57. The van der Waals surface area contributed by atoms with Gasteiger partial charge in [-0.05, 0) is 36.8 Å². The summed E-state index contributed by atoms with van der Waals surface area (Å²) in [5.74, 6) is 0. The highest BCUT2D eigenvalue weighted by atomic mass is 32.2. The zero-order chi connectivity index (χ0) is 14.9. The number of sulfonamides is 1. The van der Waals surface area contributed by atoms with E-state index in [1.165, 1.54) is 12.1 Å². The minimum absolute atomic E-state index is 0.0436. The largest absolute Gasteiger partial charge is 0.397 e. The summed E-state index contributed by atoms with van der Waals surface area (Å²) in [6, 6.07) is 12.2. The van der Waals surface area contributed by atoms with Gasteiger partial charge < -0.3 is 10.6 Å². The highest BCUT2D eigenvalue weighted by Crippen LogP contribution is 2.32. The molecule has 6 heteroatoms. The van der Waals surface area contributed by atoms with Gasteiger partial charge >= 0.3 is 0 Å². The maximum atomic E-state index is 11.4. The number of aryl methyl sites for hydroxylation is 1. The van der Waals surface area contributed by atoms with Crippen molar-refractivity contribution in [3.05, 3.63) is 48.0 Å². The molecular formula is C14H17N3O2S. The molecular weight excluding hydrogens is 274 g/mol. The summed E-state index contributed by atoms with van der Waals surface area (Å²) in [7, 11) is -1.92. The third-order valence-corrected chi connectivity index (χ3v) is 4.08. The molecule has 0 aliphatic carbocycles. The fraction of sp³-hybridized carbons (Fsp3) is 0.143. The van der Waals surface area contributed by atoms with Crippen molar-refractivity contribution in [2.45, 2.75) is 11.8 Å². The molecule has 0 fully saturated rings. The Balaban J connectivity index is 2.55. The van der Waals surface area contributed by atoms with Crippen LogP contribution < -0.4 is 15.8 Å². The molecule has 20 heavy (non-hydrogen) atoms. The Labute approximate surface area is 118 Å². The Bertz CT molecular complexity index is 742. The van der Waals surface area contributed by atoms with Crippen LogP contribution in [0.15, 0.2) is 47.4 Å². The van der Waals surface area contributed by atoms with Gasteiger partial charge in [0.05, 0.1) is 16.3 Å². The zero-order valence-corrected chi connectivity index (χ0v) is 12.2. The predicted molar refractivity (Wildman–Crippen MR) is 81.5 cm³/mol. The number of hydrogen-bond donors (Lipinski definition) is 2. The van der Waals surface area contributed by atoms with Crippen LogP contribution in [0.5, 0.6) is 0 Å². The van der Waals surface area contributed by atoms with Crippen LogP contribution in [0.1, 0.15) is 5.56 Å². The molecule has 0 aliphatic heterocycles. The number of nitrogen functional groups attached to an aromatic ring is 1. The van der Waals surface area contributed by atoms with E-state index >= 15 is 0 Å². The second kappa shape index (κ2) is 5.15. The minimum atomic E-state index is -3.75. The lowest BCUT2D eigenvalue weighted by atomic mass is 10.1. The molecule has 0 saturated carbocycles. The maximum Gasteiger partial charge on any atom is 0.238 e. The monoisotopic (exact) mass is 291 g/mol. The highest BCUT2D eigenvalue weighted by Gasteiger charge is 2.14. The summed E-state index contributed by atoms with van der Waals surface area (Å²) in [5, 5.41) is 5.16. The average Bonchev–Trinajstić information content (AvgIpc) is 2.37. The van der Waals surface area contributed by atoms with Gasteiger partial charge in [0.2, 0.25) is 10.0 Å². The summed E-state index contributed by atoms with van der Waals surface area (Å²) < 4.78 is 22.9. The molecule has 0 amide bonds. The van der Waals surface area contributed by atoms with Crippen LogP contribution in [0.25, 0.3) is 0 Å². The molecule has 0 radical (unpaired) electrons. The number of benzene rings is 2. The lowest BCUT2D eigenvalue weighted by Gasteiger charge is -2.23. The molecule has 0 atom stereocenters. The summed E-state index contributed by atoms with van der Waals surface area (Å²) in [5.41, 5.74) is 9.05. The van der Waals surface area contributed by atoms with Gasteiger partial charge in [-0.25, -0.2) is 13.6 Å². The fourth-order valence-corrected chi connectivity index (χ4v) is 2.59. The molecule has 0 heterocycles. The van der Waals surface area contributed by atoms with Crippen LogP contribution in [0.3, 0.4) is 0 Å². The van der Waals surface area contributed by atoms with Crippen LogP contribution in [-0.2, 0) is 10.0 Å². The van der Waals surface area contributed by atoms with E-state index in [1.54, 1.807) is 6.07 Å². The van der Waals surface area contributed by atoms with Gasteiger partial charge in [-0.3, -0.25) is 0 Å². The second-order valence-electron chi connectivity index (χ2n) is 4.61. The SMILES string of the molecule is Cc1ccccc1N(C)c1cc(S(N)(=O)=O)ccc1N. The molecule has 2 aromatic carbocycles. The predicted octanol–water partition coefficient (Wildman–Crippen LogP) is 1.99. The number of primary sulfonamides is 1. The number of rotatable bonds is 3. The van der Waals surface area contributed by atoms with Gasteiger partial charge in [0, 0.05) is 12.7 Å². The molecule has 0 spiro atoms. The van der Waals surface area contributed by atoms with Gasteiger partial charge in [-0.2, -0.15) is 0 Å². The van der Waals surface area contributed by atoms with E-state index in [0.29, 0.717) is 11.4 Å². The quantitative estimate of drug-likeness (QED) is 0.846. The fourth-order valence-electron chi connectivity index (χ4n) is 2.06. The van der Waals surface area contributed by atoms with E-state index in [4.69, 9.17) is 10.9 Å². The summed E-state index contributed by atoms with van der Waals surface area (Å²) in [6.07, 6.45) is 0. The first-order chi connectivity index (χ1) is 9.30. The number of nitrogens with two attached hydrogens (primary N) is 2. The summed E-state index contributed by atoms with van der Waals surface area (Å²) in [6.45, 7) is 1.98. The minimum Gasteiger partial charge on any atom is -0.397 e. The molecule has 0 aromatic heterocycles. The van der Waals surface area contributed by atoms with Gasteiger partial charge in [-0.1, -0.05) is 18.2 Å². The number of hydrogen-bond acceptors (Lipinski definition) is 4. The van der Waals surface area contributed by atoms with Crippen molar-refractivity contribution in [1.29, 1.82) is 0 Å². The van der Waals surface area contributed by atoms with Crippen molar-refractivity contribution < 1.29 is 8.42 Å².